The molecular weight excluding hydrogens is 533 g/mol. The van der Waals surface area contributed by atoms with E-state index in [4.69, 9.17) is 4.74 Å². The molecule has 39 heavy (non-hydrogen) atoms. The predicted molar refractivity (Wildman–Crippen MR) is 136 cm³/mol. The van der Waals surface area contributed by atoms with Gasteiger partial charge in [0.25, 0.3) is 0 Å². The minimum atomic E-state index is -4.81. The number of fused-ring (bicyclic) bond motifs is 1. The second-order valence-corrected chi connectivity index (χ2v) is 11.6. The number of amides is 1. The number of carbonyl (C=O) groups excluding carboxylic acids is 1. The minimum Gasteiger partial charge on any atom is -0.370 e. The van der Waals surface area contributed by atoms with E-state index in [9.17, 15) is 26.4 Å². The van der Waals surface area contributed by atoms with Gasteiger partial charge in [-0.05, 0) is 30.5 Å². The van der Waals surface area contributed by atoms with Crippen LogP contribution in [0.5, 0.6) is 0 Å². The molecule has 1 fully saturated rings. The molecule has 0 radical (unpaired) electrons. The molecule has 0 bridgehead atoms. The number of ether oxygens (including phenoxy) is 1. The summed E-state index contributed by atoms with van der Waals surface area (Å²) in [4.78, 5) is 21.8. The number of carbonyl (C=O) groups is 1. The standard InChI is InChI=1S/C27H29F3N4O4S/c28-27(29,30)21-11-4-5-12-23(21)39(36,37)34-14-7-6-10-20(34)16-38-17-24(35)33-15-13-22-25(32-18-31-22)26(33)19-8-2-1-3-9-19/h1-5,8-9,11-12,18,20,26H,6-7,10,13-17H2,(H,31,32). The van der Waals surface area contributed by atoms with Crippen LogP contribution in [0.3, 0.4) is 0 Å². The third-order valence-corrected chi connectivity index (χ3v) is 9.26. The molecule has 2 aliphatic rings. The van der Waals surface area contributed by atoms with E-state index in [1.54, 1.807) is 11.2 Å². The van der Waals surface area contributed by atoms with Crippen molar-refractivity contribution in [3.05, 3.63) is 83.4 Å². The molecule has 12 heteroatoms. The number of nitrogens with one attached hydrogen (secondary N) is 1. The smallest absolute Gasteiger partial charge is 0.370 e. The summed E-state index contributed by atoms with van der Waals surface area (Å²) in [6.07, 6.45) is -0.928. The van der Waals surface area contributed by atoms with Crippen LogP contribution in [-0.4, -0.2) is 65.8 Å². The molecule has 1 saturated heterocycles. The van der Waals surface area contributed by atoms with Crippen molar-refractivity contribution in [2.45, 2.75) is 48.8 Å². The van der Waals surface area contributed by atoms with Crippen molar-refractivity contribution in [2.75, 3.05) is 26.3 Å². The Morgan fingerprint density at radius 3 is 2.56 bits per heavy atom. The molecule has 0 saturated carbocycles. The van der Waals surface area contributed by atoms with E-state index in [1.807, 2.05) is 30.3 Å². The minimum absolute atomic E-state index is 0.0840. The summed E-state index contributed by atoms with van der Waals surface area (Å²) in [6, 6.07) is 12.7. The number of hydrogen-bond donors (Lipinski definition) is 1. The zero-order chi connectivity index (χ0) is 27.6. The molecule has 2 unspecified atom stereocenters. The van der Waals surface area contributed by atoms with Gasteiger partial charge in [-0.15, -0.1) is 0 Å². The number of nitrogens with zero attached hydrogens (tertiary/aromatic N) is 3. The van der Waals surface area contributed by atoms with E-state index < -0.39 is 32.7 Å². The number of aromatic nitrogens is 2. The number of imidazole rings is 1. The van der Waals surface area contributed by atoms with Gasteiger partial charge in [0.15, 0.2) is 0 Å². The van der Waals surface area contributed by atoms with E-state index in [1.165, 1.54) is 12.1 Å². The molecule has 3 heterocycles. The first kappa shape index (κ1) is 27.4. The Labute approximate surface area is 224 Å². The first-order chi connectivity index (χ1) is 18.7. The lowest BCUT2D eigenvalue weighted by molar-refractivity contribution is -0.140. The topological polar surface area (TPSA) is 95.6 Å². The van der Waals surface area contributed by atoms with E-state index in [0.29, 0.717) is 32.2 Å². The van der Waals surface area contributed by atoms with Gasteiger partial charge in [0, 0.05) is 31.2 Å². The van der Waals surface area contributed by atoms with E-state index >= 15 is 0 Å². The molecule has 2 aromatic carbocycles. The van der Waals surface area contributed by atoms with E-state index in [0.717, 1.165) is 33.4 Å². The normalized spacial score (nSPS) is 20.5. The van der Waals surface area contributed by atoms with Crippen LogP contribution in [-0.2, 0) is 32.2 Å². The highest BCUT2D eigenvalue weighted by atomic mass is 32.2. The largest absolute Gasteiger partial charge is 0.417 e. The highest BCUT2D eigenvalue weighted by Crippen LogP contribution is 2.37. The molecule has 0 spiro atoms. The Morgan fingerprint density at radius 2 is 1.79 bits per heavy atom. The molecule has 3 aromatic rings. The summed E-state index contributed by atoms with van der Waals surface area (Å²) in [5.74, 6) is -0.273. The van der Waals surface area contributed by atoms with E-state index in [2.05, 4.69) is 9.97 Å². The first-order valence-corrected chi connectivity index (χ1v) is 14.2. The monoisotopic (exact) mass is 562 g/mol. The number of H-pyrrole nitrogens is 1. The molecule has 8 nitrogen and oxygen atoms in total. The van der Waals surface area contributed by atoms with Crippen molar-refractivity contribution in [1.29, 1.82) is 0 Å². The number of alkyl halides is 3. The van der Waals surface area contributed by atoms with Crippen LogP contribution in [0.25, 0.3) is 0 Å². The van der Waals surface area contributed by atoms with Crippen LogP contribution in [0, 0.1) is 0 Å². The third kappa shape index (κ3) is 5.59. The van der Waals surface area contributed by atoms with Crippen molar-refractivity contribution in [2.24, 2.45) is 0 Å². The number of rotatable bonds is 7. The van der Waals surface area contributed by atoms with Gasteiger partial charge >= 0.3 is 6.18 Å². The summed E-state index contributed by atoms with van der Waals surface area (Å²) in [6.45, 7) is 0.152. The average Bonchev–Trinajstić information content (AvgIpc) is 3.42. The fourth-order valence-corrected chi connectivity index (χ4v) is 7.29. The maximum absolute atomic E-state index is 13.6. The van der Waals surface area contributed by atoms with Crippen molar-refractivity contribution in [3.8, 4) is 0 Å². The highest BCUT2D eigenvalue weighted by Gasteiger charge is 2.41. The molecule has 5 rings (SSSR count). The third-order valence-electron chi connectivity index (χ3n) is 7.25. The van der Waals surface area contributed by atoms with Crippen LogP contribution in [0.2, 0.25) is 0 Å². The molecule has 2 atom stereocenters. The zero-order valence-corrected chi connectivity index (χ0v) is 21.9. The quantitative estimate of drug-likeness (QED) is 0.467. The number of benzene rings is 2. The van der Waals surface area contributed by atoms with Crippen LogP contribution in [0.4, 0.5) is 13.2 Å². The number of hydrogen-bond acceptors (Lipinski definition) is 5. The summed E-state index contributed by atoms with van der Waals surface area (Å²) in [5, 5.41) is 0. The van der Waals surface area contributed by atoms with E-state index in [-0.39, 0.29) is 31.7 Å². The average molecular weight is 563 g/mol. The molecule has 2 aliphatic heterocycles. The lowest BCUT2D eigenvalue weighted by Gasteiger charge is -2.36. The van der Waals surface area contributed by atoms with Gasteiger partial charge in [0.1, 0.15) is 12.6 Å². The van der Waals surface area contributed by atoms with Crippen LogP contribution in [0.1, 0.15) is 47.8 Å². The first-order valence-electron chi connectivity index (χ1n) is 12.8. The molecule has 0 aliphatic carbocycles. The number of sulfonamides is 1. The molecule has 208 valence electrons. The van der Waals surface area contributed by atoms with Crippen molar-refractivity contribution < 1.29 is 31.1 Å². The number of piperidine rings is 1. The second-order valence-electron chi connectivity index (χ2n) is 9.69. The predicted octanol–water partition coefficient (Wildman–Crippen LogP) is 4.16. The van der Waals surface area contributed by atoms with Crippen molar-refractivity contribution in [1.82, 2.24) is 19.2 Å². The van der Waals surface area contributed by atoms with Gasteiger partial charge in [-0.2, -0.15) is 17.5 Å². The van der Waals surface area contributed by atoms with Crippen molar-refractivity contribution >= 4 is 15.9 Å². The van der Waals surface area contributed by atoms with Gasteiger partial charge < -0.3 is 14.6 Å². The van der Waals surface area contributed by atoms with Crippen LogP contribution >= 0.6 is 0 Å². The van der Waals surface area contributed by atoms with Gasteiger partial charge in [0.05, 0.1) is 29.1 Å². The van der Waals surface area contributed by atoms with Gasteiger partial charge in [-0.1, -0.05) is 48.9 Å². The van der Waals surface area contributed by atoms with Crippen LogP contribution in [0.15, 0.2) is 65.8 Å². The fourth-order valence-electron chi connectivity index (χ4n) is 5.39. The number of halogens is 3. The fraction of sp³-hybridized carbons (Fsp3) is 0.407. The van der Waals surface area contributed by atoms with Crippen LogP contribution < -0.4 is 0 Å². The number of aromatic amines is 1. The summed E-state index contributed by atoms with van der Waals surface area (Å²) in [7, 11) is -4.44. The second kappa shape index (κ2) is 11.1. The SMILES string of the molecule is O=C(COCC1CCCCN1S(=O)(=O)c1ccccc1C(F)(F)F)N1CCc2[nH]cnc2C1c1ccccc1. The Bertz CT molecular complexity index is 1410. The van der Waals surface area contributed by atoms with Gasteiger partial charge in [0.2, 0.25) is 15.9 Å². The Hall–Kier alpha value is -3.22. The summed E-state index contributed by atoms with van der Waals surface area (Å²) < 4.78 is 74.4. The summed E-state index contributed by atoms with van der Waals surface area (Å²) >= 11 is 0. The lowest BCUT2D eigenvalue weighted by Crippen LogP contribution is -2.47. The lowest BCUT2D eigenvalue weighted by atomic mass is 9.95. The molecule has 1 aromatic heterocycles. The Kier molecular flexibility index (Phi) is 7.79. The van der Waals surface area contributed by atoms with Gasteiger partial charge in [-0.3, -0.25) is 4.79 Å². The molecular formula is C27H29F3N4O4S. The zero-order valence-electron chi connectivity index (χ0n) is 21.1. The van der Waals surface area contributed by atoms with Crippen molar-refractivity contribution in [3.63, 3.8) is 0 Å². The van der Waals surface area contributed by atoms with Gasteiger partial charge in [-0.25, -0.2) is 13.4 Å². The Balaban J connectivity index is 1.30. The molecule has 1 amide bonds. The highest BCUT2D eigenvalue weighted by molar-refractivity contribution is 7.89. The maximum Gasteiger partial charge on any atom is 0.417 e. The summed E-state index contributed by atoms with van der Waals surface area (Å²) in [5.41, 5.74) is 1.46. The maximum atomic E-state index is 13.6. The Morgan fingerprint density at radius 1 is 1.05 bits per heavy atom. The molecule has 1 N–H and O–H groups in total.